The quantitative estimate of drug-likeness (QED) is 0.0329. The van der Waals surface area contributed by atoms with Crippen molar-refractivity contribution < 1.29 is 148 Å². The van der Waals surface area contributed by atoms with E-state index in [1.807, 2.05) is 6.20 Å². The van der Waals surface area contributed by atoms with Gasteiger partial charge in [0.1, 0.15) is 46.1 Å². The predicted molar refractivity (Wildman–Crippen MR) is 411 cm³/mol. The van der Waals surface area contributed by atoms with Crippen LogP contribution in [0.4, 0.5) is 83.3 Å². The van der Waals surface area contributed by atoms with Gasteiger partial charge < -0.3 is 90.3 Å². The number of alkyl halides is 15. The van der Waals surface area contributed by atoms with E-state index < -0.39 is 66.5 Å². The largest absolute Gasteiger partial charge is 0.496 e. The van der Waals surface area contributed by atoms with Crippen LogP contribution in [0.25, 0.3) is 0 Å². The van der Waals surface area contributed by atoms with Crippen LogP contribution in [0.3, 0.4) is 0 Å². The van der Waals surface area contributed by atoms with Crippen molar-refractivity contribution in [2.75, 3.05) is 119 Å². The van der Waals surface area contributed by atoms with Crippen LogP contribution in [-0.4, -0.2) is 217 Å². The van der Waals surface area contributed by atoms with E-state index in [0.29, 0.717) is 84.0 Å². The number of nitrogen functional groups attached to an aromatic ring is 3. The van der Waals surface area contributed by atoms with Crippen LogP contribution in [0, 0.1) is 35.5 Å². The summed E-state index contributed by atoms with van der Waals surface area (Å²) >= 11 is 0. The highest BCUT2D eigenvalue weighted by Gasteiger charge is 2.50. The first-order valence-electron chi connectivity index (χ1n) is 37.1. The number of rotatable bonds is 21. The Balaban J connectivity index is 0.000000283. The fourth-order valence-corrected chi connectivity index (χ4v) is 13.5. The summed E-state index contributed by atoms with van der Waals surface area (Å²) in [7, 11) is 9.10. The van der Waals surface area contributed by atoms with Crippen molar-refractivity contribution in [1.82, 2.24) is 45.0 Å². The molecule has 10 N–H and O–H groups in total. The molecule has 678 valence electrons. The number of methoxy groups -OCH3 is 6. The number of pyridine rings is 6. The van der Waals surface area contributed by atoms with E-state index in [1.54, 1.807) is 61.7 Å². The number of nitrogens with zero attached hydrogens (tertiary/aromatic N) is 8. The van der Waals surface area contributed by atoms with E-state index in [1.165, 1.54) is 63.7 Å². The number of aromatic carboxylic acids is 1. The van der Waals surface area contributed by atoms with E-state index >= 15 is 0 Å². The third-order valence-corrected chi connectivity index (χ3v) is 20.4. The Morgan fingerprint density at radius 3 is 0.861 bits per heavy atom. The van der Waals surface area contributed by atoms with Gasteiger partial charge in [-0.25, -0.2) is 44.3 Å². The van der Waals surface area contributed by atoms with E-state index in [2.05, 4.69) is 35.2 Å². The van der Waals surface area contributed by atoms with Crippen LogP contribution in [0.15, 0.2) is 73.6 Å². The molecule has 6 aromatic heterocycles. The smallest absolute Gasteiger partial charge is 0.490 e. The molecule has 12 rings (SSSR count). The maximum atomic E-state index is 13.0. The van der Waals surface area contributed by atoms with Gasteiger partial charge in [0.15, 0.2) is 40.2 Å². The van der Waals surface area contributed by atoms with Gasteiger partial charge in [-0.1, -0.05) is 0 Å². The van der Waals surface area contributed by atoms with Crippen molar-refractivity contribution in [3.63, 3.8) is 0 Å². The Hall–Kier alpha value is -10.7. The van der Waals surface area contributed by atoms with Gasteiger partial charge in [-0.3, -0.25) is 9.59 Å². The van der Waals surface area contributed by atoms with Crippen molar-refractivity contribution in [2.24, 2.45) is 35.5 Å². The summed E-state index contributed by atoms with van der Waals surface area (Å²) in [4.78, 5) is 82.8. The fraction of sp³-hybridized carbons (Fsp3) is 0.539. The number of likely N-dealkylation sites (tertiary alicyclic amines) is 2. The van der Waals surface area contributed by atoms with Crippen molar-refractivity contribution in [3.05, 3.63) is 107 Å². The van der Waals surface area contributed by atoms with Gasteiger partial charge in [-0.2, -0.15) is 65.9 Å². The number of amides is 2. The summed E-state index contributed by atoms with van der Waals surface area (Å²) in [6.07, 6.45) is -7.72. The first-order chi connectivity index (χ1) is 56.4. The lowest BCUT2D eigenvalue weighted by Crippen LogP contribution is -2.38. The minimum absolute atomic E-state index is 0. The van der Waals surface area contributed by atoms with Crippen molar-refractivity contribution in [3.8, 4) is 51.7 Å². The van der Waals surface area contributed by atoms with Gasteiger partial charge in [0.25, 0.3) is 11.8 Å². The molecule has 0 unspecified atom stereocenters. The van der Waals surface area contributed by atoms with E-state index in [9.17, 15) is 80.2 Å². The number of piperidine rings is 3. The summed E-state index contributed by atoms with van der Waals surface area (Å²) < 4.78 is 225. The summed E-state index contributed by atoms with van der Waals surface area (Å²) in [6, 6.07) is 9.43. The number of hydrogen-bond acceptors (Lipinski definition) is 24. The zero-order chi connectivity index (χ0) is 88.8. The molecule has 3 aliphatic heterocycles. The molecule has 0 atom stereocenters. The molecule has 6 fully saturated rings. The van der Waals surface area contributed by atoms with Gasteiger partial charge in [0.2, 0.25) is 0 Å². The molecule has 9 heterocycles. The van der Waals surface area contributed by atoms with Gasteiger partial charge in [-0.15, -0.1) is 24.8 Å². The number of hydrogen-bond donors (Lipinski definition) is 7. The monoisotopic (exact) mass is 1800 g/mol. The molecule has 3 saturated carbocycles. The number of ether oxygens (including phenoxy) is 9. The van der Waals surface area contributed by atoms with Crippen molar-refractivity contribution in [2.45, 2.75) is 126 Å². The average molecular weight is 1800 g/mol. The van der Waals surface area contributed by atoms with Gasteiger partial charge >= 0.3 is 48.8 Å². The predicted octanol–water partition coefficient (Wildman–Crippen LogP) is 14.1. The molecule has 46 heteroatoms. The second-order valence-electron chi connectivity index (χ2n) is 28.4. The Labute approximate surface area is 701 Å². The second-order valence-corrected chi connectivity index (χ2v) is 28.4. The number of carboxylic acids is 3. The summed E-state index contributed by atoms with van der Waals surface area (Å²) in [5.41, 5.74) is 20.5. The van der Waals surface area contributed by atoms with Gasteiger partial charge in [-0.05, 0) is 126 Å². The van der Waals surface area contributed by atoms with Crippen molar-refractivity contribution >= 4 is 72.0 Å². The summed E-state index contributed by atoms with van der Waals surface area (Å²) in [5.74, 6) is -5.23. The van der Waals surface area contributed by atoms with Crippen LogP contribution in [0.2, 0.25) is 0 Å². The van der Waals surface area contributed by atoms with E-state index in [4.69, 9.17) is 84.7 Å². The molecule has 122 heavy (non-hydrogen) atoms. The fourth-order valence-electron chi connectivity index (χ4n) is 13.5. The maximum absolute atomic E-state index is 13.0. The van der Waals surface area contributed by atoms with E-state index in [-0.39, 0.29) is 153 Å². The van der Waals surface area contributed by atoms with Crippen LogP contribution in [-0.2, 0) is 9.59 Å². The molecule has 6 aromatic rings. The standard InChI is InChI=1S/2C24H29F3N4O4.C13H14F3NO4.C11H17N3O.2C2HF3O2.2ClH/c2*1-33-19-10-22(28)30-11-17(19)15-3-5-31(6-4-15)23(32)18-9-20(34-2)21(12-29-18)35-13-14-7-16(8-14)24(25,26)27;1-20-10-4-9(12(18)19)17-5-11(10)21-6-7-2-8(3-7)13(14,15)16;1-15-10-6-11(12)14-7-9(10)8-2-4-13-5-3-8;2*3-2(4,5)1(6)7;;/h2*9-12,14-16H,3-8,13H2,1-2H3,(H2,28,30);4-5,7-8H,2-3,6H2,1H3,(H,18,19);6-8,13H,2-5H2,1H3,(H2,12,14);2*(H,6,7);2*1H. The number of halogens is 17. The molecule has 29 nitrogen and oxygen atoms in total. The molecule has 3 saturated heterocycles. The Bertz CT molecular complexity index is 4200. The zero-order valence-corrected chi connectivity index (χ0v) is 68.0. The van der Waals surface area contributed by atoms with E-state index in [0.717, 1.165) is 68.5 Å². The number of aromatic nitrogens is 6. The first-order valence-corrected chi connectivity index (χ1v) is 37.1. The lowest BCUT2D eigenvalue weighted by molar-refractivity contribution is -0.207. The Morgan fingerprint density at radius 2 is 0.623 bits per heavy atom. The highest BCUT2D eigenvalue weighted by Crippen LogP contribution is 2.49. The Kier molecular flexibility index (Phi) is 38.0. The molecule has 6 aliphatic rings. The molecule has 0 bridgehead atoms. The molecular weight excluding hydrogens is 1710 g/mol. The van der Waals surface area contributed by atoms with Crippen LogP contribution >= 0.6 is 24.8 Å². The summed E-state index contributed by atoms with van der Waals surface area (Å²) in [6.45, 7) is 4.72. The number of carbonyl (C=O) groups excluding carboxylic acids is 2. The van der Waals surface area contributed by atoms with Gasteiger partial charge in [0.05, 0.1) is 98.8 Å². The minimum atomic E-state index is -5.08. The molecule has 3 aliphatic carbocycles. The summed E-state index contributed by atoms with van der Waals surface area (Å²) in [5, 5.41) is 26.4. The topological polar surface area (TPSA) is 403 Å². The Morgan fingerprint density at radius 1 is 0.377 bits per heavy atom. The molecule has 0 aromatic carbocycles. The minimum Gasteiger partial charge on any atom is -0.496 e. The zero-order valence-electron chi connectivity index (χ0n) is 66.3. The maximum Gasteiger partial charge on any atom is 0.490 e. The third-order valence-electron chi connectivity index (χ3n) is 20.4. The lowest BCUT2D eigenvalue weighted by Gasteiger charge is -2.36. The number of anilines is 3. The number of carbonyl (C=O) groups is 5. The molecule has 0 spiro atoms. The number of nitrogens with one attached hydrogen (secondary N) is 1. The lowest BCUT2D eigenvalue weighted by atomic mass is 9.75. The average Bonchev–Trinajstić information content (AvgIpc) is 0.813. The highest BCUT2D eigenvalue weighted by atomic mass is 35.5. The number of aliphatic carboxylic acids is 2. The van der Waals surface area contributed by atoms with Crippen LogP contribution in [0.1, 0.15) is 143 Å². The van der Waals surface area contributed by atoms with Crippen LogP contribution < -0.4 is 65.1 Å². The van der Waals surface area contributed by atoms with Gasteiger partial charge in [0, 0.05) is 97.9 Å². The first kappa shape index (κ1) is 102. The third kappa shape index (κ3) is 29.6. The highest BCUT2D eigenvalue weighted by molar-refractivity contribution is 5.93. The SMILES string of the molecule is COc1cc(C(=O)N2CCC(c3cnc(N)cc3OC)CC2)ncc1OCC1CC(C(F)(F)F)C1.COc1cc(C(=O)N2CCC(c3cnc(N)cc3OC)CC2)ncc1OCC1CC(C(F)(F)F)C1.COc1cc(C(=O)O)ncc1OCC1CC(C(F)(F)F)C1.COc1cc(N)ncc1C1CCNCC1.Cl.Cl.O=C(O)C(F)(F)F.O=C(O)C(F)(F)F. The molecular formula is C76H93Cl2F15N12O17. The number of nitrogens with two attached hydrogens (primary N) is 3. The molecule has 0 radical (unpaired) electrons. The molecule has 2 amide bonds. The van der Waals surface area contributed by atoms with Crippen LogP contribution in [0.5, 0.6) is 51.7 Å². The second kappa shape index (κ2) is 45.5. The van der Waals surface area contributed by atoms with Crippen molar-refractivity contribution in [1.29, 1.82) is 0 Å². The normalized spacial score (nSPS) is 19.1. The number of carboxylic acid groups (broad SMARTS) is 3.